The van der Waals surface area contributed by atoms with Crippen LogP contribution in [-0.4, -0.2) is 22.2 Å². The monoisotopic (exact) mass is 209 g/mol. The van der Waals surface area contributed by atoms with Gasteiger partial charge in [0, 0.05) is 0 Å². The number of hydrogen-bond donors (Lipinski definition) is 3. The summed E-state index contributed by atoms with van der Waals surface area (Å²) >= 11 is 0. The first kappa shape index (κ1) is 11.7. The standard InChI is InChI=1S/C11H15NO3/c1-6-3-4-8(5-7(6)2)10(13)9(12)11(14)15/h3-5,9-10,13H,12H2,1-2H3,(H,14,15)/t9-,10+/m0/s1. The lowest BCUT2D eigenvalue weighted by molar-refractivity contribution is -0.141. The van der Waals surface area contributed by atoms with Crippen molar-refractivity contribution in [3.63, 3.8) is 0 Å². The molecule has 15 heavy (non-hydrogen) atoms. The fourth-order valence-electron chi connectivity index (χ4n) is 1.29. The highest BCUT2D eigenvalue weighted by molar-refractivity contribution is 5.74. The van der Waals surface area contributed by atoms with E-state index in [0.29, 0.717) is 5.56 Å². The van der Waals surface area contributed by atoms with Crippen LogP contribution in [0.15, 0.2) is 18.2 Å². The number of aryl methyl sites for hydroxylation is 2. The van der Waals surface area contributed by atoms with Crippen molar-refractivity contribution in [1.29, 1.82) is 0 Å². The summed E-state index contributed by atoms with van der Waals surface area (Å²) in [5, 5.41) is 18.3. The molecular weight excluding hydrogens is 194 g/mol. The Morgan fingerprint density at radius 1 is 1.33 bits per heavy atom. The summed E-state index contributed by atoms with van der Waals surface area (Å²) < 4.78 is 0. The molecule has 0 aliphatic heterocycles. The average molecular weight is 209 g/mol. The van der Waals surface area contributed by atoms with E-state index in [4.69, 9.17) is 10.8 Å². The molecule has 0 aliphatic carbocycles. The van der Waals surface area contributed by atoms with Gasteiger partial charge in [0.05, 0.1) is 0 Å². The molecule has 0 unspecified atom stereocenters. The molecule has 0 aromatic heterocycles. The first-order valence-corrected chi connectivity index (χ1v) is 4.67. The Hall–Kier alpha value is -1.39. The molecule has 0 bridgehead atoms. The van der Waals surface area contributed by atoms with E-state index in [1.165, 1.54) is 0 Å². The third-order valence-corrected chi connectivity index (χ3v) is 2.50. The molecule has 0 radical (unpaired) electrons. The Kier molecular flexibility index (Phi) is 3.44. The summed E-state index contributed by atoms with van der Waals surface area (Å²) in [6.45, 7) is 3.85. The molecule has 4 heteroatoms. The molecule has 82 valence electrons. The van der Waals surface area contributed by atoms with E-state index in [1.807, 2.05) is 19.9 Å². The van der Waals surface area contributed by atoms with Crippen LogP contribution in [0.1, 0.15) is 22.8 Å². The quantitative estimate of drug-likeness (QED) is 0.686. The molecule has 0 aliphatic rings. The van der Waals surface area contributed by atoms with Crippen molar-refractivity contribution in [2.45, 2.75) is 26.0 Å². The van der Waals surface area contributed by atoms with Crippen molar-refractivity contribution in [1.82, 2.24) is 0 Å². The van der Waals surface area contributed by atoms with Crippen molar-refractivity contribution >= 4 is 5.97 Å². The molecule has 0 amide bonds. The molecule has 0 spiro atoms. The zero-order valence-corrected chi connectivity index (χ0v) is 8.77. The highest BCUT2D eigenvalue weighted by atomic mass is 16.4. The number of aliphatic hydroxyl groups excluding tert-OH is 1. The van der Waals surface area contributed by atoms with E-state index in [1.54, 1.807) is 12.1 Å². The van der Waals surface area contributed by atoms with Crippen molar-refractivity contribution in [2.75, 3.05) is 0 Å². The molecule has 0 heterocycles. The van der Waals surface area contributed by atoms with Crippen LogP contribution in [0.25, 0.3) is 0 Å². The minimum Gasteiger partial charge on any atom is -0.480 e. The Bertz CT molecular complexity index is 376. The second-order valence-corrected chi connectivity index (χ2v) is 3.65. The number of carboxylic acid groups (broad SMARTS) is 1. The second kappa shape index (κ2) is 4.42. The number of carbonyl (C=O) groups is 1. The highest BCUT2D eigenvalue weighted by Crippen LogP contribution is 2.19. The Balaban J connectivity index is 2.96. The molecule has 0 saturated heterocycles. The minimum absolute atomic E-state index is 0.535. The van der Waals surface area contributed by atoms with Gasteiger partial charge < -0.3 is 15.9 Å². The summed E-state index contributed by atoms with van der Waals surface area (Å²) in [5.74, 6) is -1.21. The fourth-order valence-corrected chi connectivity index (χ4v) is 1.29. The van der Waals surface area contributed by atoms with Crippen LogP contribution in [0, 0.1) is 13.8 Å². The largest absolute Gasteiger partial charge is 0.480 e. The van der Waals surface area contributed by atoms with E-state index >= 15 is 0 Å². The first-order valence-electron chi connectivity index (χ1n) is 4.67. The summed E-state index contributed by atoms with van der Waals surface area (Å²) in [6.07, 6.45) is -1.17. The van der Waals surface area contributed by atoms with Crippen LogP contribution in [-0.2, 0) is 4.79 Å². The molecule has 4 N–H and O–H groups in total. The number of aliphatic hydroxyl groups is 1. The summed E-state index contributed by atoms with van der Waals surface area (Å²) in [5.41, 5.74) is 7.96. The number of benzene rings is 1. The SMILES string of the molecule is Cc1ccc([C@@H](O)[C@H](N)C(=O)O)cc1C. The van der Waals surface area contributed by atoms with E-state index < -0.39 is 18.1 Å². The topological polar surface area (TPSA) is 83.5 Å². The van der Waals surface area contributed by atoms with Gasteiger partial charge in [0.1, 0.15) is 12.1 Å². The average Bonchev–Trinajstić information content (AvgIpc) is 2.19. The fraction of sp³-hybridized carbons (Fsp3) is 0.364. The third kappa shape index (κ3) is 2.55. The van der Waals surface area contributed by atoms with Gasteiger partial charge in [-0.25, -0.2) is 0 Å². The van der Waals surface area contributed by atoms with Crippen LogP contribution >= 0.6 is 0 Å². The molecule has 4 nitrogen and oxygen atoms in total. The summed E-state index contributed by atoms with van der Waals surface area (Å²) in [7, 11) is 0. The lowest BCUT2D eigenvalue weighted by atomic mass is 9.99. The zero-order chi connectivity index (χ0) is 11.6. The Morgan fingerprint density at radius 3 is 2.40 bits per heavy atom. The van der Waals surface area contributed by atoms with Gasteiger partial charge in [-0.15, -0.1) is 0 Å². The van der Waals surface area contributed by atoms with Crippen molar-refractivity contribution in [3.05, 3.63) is 34.9 Å². The predicted molar refractivity (Wildman–Crippen MR) is 56.5 cm³/mol. The lowest BCUT2D eigenvalue weighted by Crippen LogP contribution is -2.36. The second-order valence-electron chi connectivity index (χ2n) is 3.65. The number of carboxylic acids is 1. The van der Waals surface area contributed by atoms with Crippen molar-refractivity contribution in [3.8, 4) is 0 Å². The normalized spacial score (nSPS) is 14.7. The van der Waals surface area contributed by atoms with Gasteiger partial charge in [0.2, 0.25) is 0 Å². The Morgan fingerprint density at radius 2 is 1.93 bits per heavy atom. The van der Waals surface area contributed by atoms with Gasteiger partial charge in [0.25, 0.3) is 0 Å². The molecule has 0 saturated carbocycles. The maximum absolute atomic E-state index is 10.6. The summed E-state index contributed by atoms with van der Waals surface area (Å²) in [4.78, 5) is 10.6. The van der Waals surface area contributed by atoms with Gasteiger partial charge in [-0.05, 0) is 30.5 Å². The van der Waals surface area contributed by atoms with E-state index in [2.05, 4.69) is 0 Å². The van der Waals surface area contributed by atoms with Gasteiger partial charge in [-0.3, -0.25) is 4.79 Å². The van der Waals surface area contributed by atoms with Gasteiger partial charge in [0.15, 0.2) is 0 Å². The molecule has 1 rings (SSSR count). The smallest absolute Gasteiger partial charge is 0.323 e. The zero-order valence-electron chi connectivity index (χ0n) is 8.77. The van der Waals surface area contributed by atoms with E-state index in [0.717, 1.165) is 11.1 Å². The molecule has 1 aromatic carbocycles. The summed E-state index contributed by atoms with van der Waals surface area (Å²) in [6, 6.07) is 3.99. The van der Waals surface area contributed by atoms with E-state index in [9.17, 15) is 9.90 Å². The number of aliphatic carboxylic acids is 1. The van der Waals surface area contributed by atoms with Crippen LogP contribution < -0.4 is 5.73 Å². The molecule has 1 aromatic rings. The molecule has 0 fully saturated rings. The number of hydrogen-bond acceptors (Lipinski definition) is 3. The van der Waals surface area contributed by atoms with E-state index in [-0.39, 0.29) is 0 Å². The predicted octanol–water partition coefficient (Wildman–Crippen LogP) is 0.749. The first-order chi connectivity index (χ1) is 6.93. The number of rotatable bonds is 3. The highest BCUT2D eigenvalue weighted by Gasteiger charge is 2.23. The number of nitrogens with two attached hydrogens (primary N) is 1. The van der Waals surface area contributed by atoms with Crippen LogP contribution in [0.3, 0.4) is 0 Å². The maximum Gasteiger partial charge on any atom is 0.323 e. The van der Waals surface area contributed by atoms with Crippen LogP contribution in [0.5, 0.6) is 0 Å². The molecular formula is C11H15NO3. The van der Waals surface area contributed by atoms with Crippen LogP contribution in [0.4, 0.5) is 0 Å². The minimum atomic E-state index is -1.29. The van der Waals surface area contributed by atoms with Gasteiger partial charge in [-0.1, -0.05) is 18.2 Å². The van der Waals surface area contributed by atoms with Crippen molar-refractivity contribution < 1.29 is 15.0 Å². The van der Waals surface area contributed by atoms with Gasteiger partial charge in [-0.2, -0.15) is 0 Å². The van der Waals surface area contributed by atoms with Crippen molar-refractivity contribution in [2.24, 2.45) is 5.73 Å². The van der Waals surface area contributed by atoms with Gasteiger partial charge >= 0.3 is 5.97 Å². The lowest BCUT2D eigenvalue weighted by Gasteiger charge is -2.16. The van der Waals surface area contributed by atoms with Crippen LogP contribution in [0.2, 0.25) is 0 Å². The molecule has 2 atom stereocenters. The maximum atomic E-state index is 10.6. The Labute approximate surface area is 88.3 Å². The third-order valence-electron chi connectivity index (χ3n) is 2.50.